The Kier molecular flexibility index (Phi) is 3.65. The Labute approximate surface area is 115 Å². The summed E-state index contributed by atoms with van der Waals surface area (Å²) in [5.41, 5.74) is 0.183. The highest BCUT2D eigenvalue weighted by Gasteiger charge is 2.14. The standard InChI is InChI=1S/C14H15NO5/c1-8-4-9-5-10(19-2)6-11(20-3)13(9)14(18)15(8)7-12(16)17/h4-6H,7H2,1-3H3,(H,16,17). The molecule has 0 aliphatic carbocycles. The van der Waals surface area contributed by atoms with E-state index in [-0.39, 0.29) is 12.1 Å². The first-order chi connectivity index (χ1) is 9.47. The van der Waals surface area contributed by atoms with E-state index in [1.165, 1.54) is 18.8 Å². The van der Waals surface area contributed by atoms with Crippen LogP contribution in [-0.4, -0.2) is 29.9 Å². The summed E-state index contributed by atoms with van der Waals surface area (Å²) in [7, 11) is 2.98. The SMILES string of the molecule is COc1cc(OC)c2c(=O)n(CC(=O)O)c(C)cc2c1. The van der Waals surface area contributed by atoms with Crippen molar-refractivity contribution in [2.45, 2.75) is 13.5 Å². The van der Waals surface area contributed by atoms with Gasteiger partial charge in [0.2, 0.25) is 0 Å². The van der Waals surface area contributed by atoms with Crippen molar-refractivity contribution < 1.29 is 19.4 Å². The van der Waals surface area contributed by atoms with Gasteiger partial charge in [-0.05, 0) is 24.4 Å². The zero-order chi connectivity index (χ0) is 14.9. The van der Waals surface area contributed by atoms with E-state index in [2.05, 4.69) is 0 Å². The molecule has 0 saturated carbocycles. The van der Waals surface area contributed by atoms with E-state index in [0.717, 1.165) is 0 Å². The minimum atomic E-state index is -1.07. The molecule has 0 spiro atoms. The summed E-state index contributed by atoms with van der Waals surface area (Å²) in [6, 6.07) is 5.06. The molecule has 2 aromatic rings. The Morgan fingerprint density at radius 2 is 1.95 bits per heavy atom. The van der Waals surface area contributed by atoms with Gasteiger partial charge in [0.1, 0.15) is 18.0 Å². The van der Waals surface area contributed by atoms with Gasteiger partial charge in [-0.1, -0.05) is 0 Å². The zero-order valence-corrected chi connectivity index (χ0v) is 11.5. The molecule has 2 rings (SSSR count). The fourth-order valence-electron chi connectivity index (χ4n) is 2.16. The number of pyridine rings is 1. The summed E-state index contributed by atoms with van der Waals surface area (Å²) in [5, 5.41) is 9.89. The molecular formula is C14H15NO5. The van der Waals surface area contributed by atoms with E-state index in [4.69, 9.17) is 14.6 Å². The van der Waals surface area contributed by atoms with Crippen LogP contribution in [0.3, 0.4) is 0 Å². The number of aryl methyl sites for hydroxylation is 1. The molecule has 1 N–H and O–H groups in total. The second-order valence-corrected chi connectivity index (χ2v) is 4.36. The number of fused-ring (bicyclic) bond motifs is 1. The number of carbonyl (C=O) groups is 1. The van der Waals surface area contributed by atoms with Crippen molar-refractivity contribution in [3.05, 3.63) is 34.2 Å². The molecule has 0 radical (unpaired) electrons. The van der Waals surface area contributed by atoms with Crippen LogP contribution in [0.25, 0.3) is 10.8 Å². The van der Waals surface area contributed by atoms with Gasteiger partial charge in [-0.15, -0.1) is 0 Å². The molecule has 0 aliphatic rings. The second kappa shape index (κ2) is 5.24. The predicted octanol–water partition coefficient (Wildman–Crippen LogP) is 1.41. The maximum atomic E-state index is 12.4. The van der Waals surface area contributed by atoms with Gasteiger partial charge >= 0.3 is 5.97 Å². The number of carboxylic acid groups (broad SMARTS) is 1. The maximum Gasteiger partial charge on any atom is 0.323 e. The van der Waals surface area contributed by atoms with Crippen molar-refractivity contribution in [1.82, 2.24) is 4.57 Å². The van der Waals surface area contributed by atoms with Gasteiger partial charge in [0.15, 0.2) is 0 Å². The van der Waals surface area contributed by atoms with Crippen LogP contribution in [0.15, 0.2) is 23.0 Å². The highest BCUT2D eigenvalue weighted by molar-refractivity contribution is 5.89. The highest BCUT2D eigenvalue weighted by atomic mass is 16.5. The van der Waals surface area contributed by atoms with Gasteiger partial charge in [-0.25, -0.2) is 0 Å². The number of methoxy groups -OCH3 is 2. The minimum Gasteiger partial charge on any atom is -0.497 e. The topological polar surface area (TPSA) is 77.8 Å². The van der Waals surface area contributed by atoms with Gasteiger partial charge in [0.05, 0.1) is 19.6 Å². The number of aliphatic carboxylic acids is 1. The lowest BCUT2D eigenvalue weighted by molar-refractivity contribution is -0.137. The number of nitrogens with zero attached hydrogens (tertiary/aromatic N) is 1. The van der Waals surface area contributed by atoms with E-state index >= 15 is 0 Å². The van der Waals surface area contributed by atoms with E-state index in [1.54, 1.807) is 25.1 Å². The average Bonchev–Trinajstić information content (AvgIpc) is 2.41. The smallest absolute Gasteiger partial charge is 0.323 e. The first-order valence-electron chi connectivity index (χ1n) is 5.96. The van der Waals surface area contributed by atoms with Crippen LogP contribution >= 0.6 is 0 Å². The van der Waals surface area contributed by atoms with E-state index in [1.807, 2.05) is 0 Å². The summed E-state index contributed by atoms with van der Waals surface area (Å²) in [6.45, 7) is 1.31. The summed E-state index contributed by atoms with van der Waals surface area (Å²) in [5.74, 6) is -0.130. The minimum absolute atomic E-state index is 0.347. The zero-order valence-electron chi connectivity index (χ0n) is 11.5. The fraction of sp³-hybridized carbons (Fsp3) is 0.286. The number of benzene rings is 1. The summed E-state index contributed by atoms with van der Waals surface area (Å²) < 4.78 is 11.6. The van der Waals surface area contributed by atoms with Crippen LogP contribution in [0.1, 0.15) is 5.69 Å². The van der Waals surface area contributed by atoms with E-state index < -0.39 is 5.97 Å². The van der Waals surface area contributed by atoms with Gasteiger partial charge in [0.25, 0.3) is 5.56 Å². The van der Waals surface area contributed by atoms with Crippen LogP contribution in [-0.2, 0) is 11.3 Å². The first-order valence-corrected chi connectivity index (χ1v) is 5.96. The quantitative estimate of drug-likeness (QED) is 0.914. The largest absolute Gasteiger partial charge is 0.497 e. The Morgan fingerprint density at radius 3 is 2.50 bits per heavy atom. The predicted molar refractivity (Wildman–Crippen MR) is 73.7 cm³/mol. The number of aromatic nitrogens is 1. The molecule has 1 aromatic carbocycles. The van der Waals surface area contributed by atoms with Gasteiger partial charge in [-0.2, -0.15) is 0 Å². The van der Waals surface area contributed by atoms with Crippen molar-refractivity contribution in [3.63, 3.8) is 0 Å². The number of rotatable bonds is 4. The molecule has 20 heavy (non-hydrogen) atoms. The van der Waals surface area contributed by atoms with Crippen molar-refractivity contribution in [1.29, 1.82) is 0 Å². The lowest BCUT2D eigenvalue weighted by atomic mass is 10.1. The number of carboxylic acids is 1. The third-order valence-corrected chi connectivity index (χ3v) is 3.10. The molecule has 0 aliphatic heterocycles. The third-order valence-electron chi connectivity index (χ3n) is 3.10. The Bertz CT molecular complexity index is 732. The molecule has 0 atom stereocenters. The van der Waals surface area contributed by atoms with Crippen LogP contribution in [0, 0.1) is 6.92 Å². The van der Waals surface area contributed by atoms with Crippen molar-refractivity contribution in [2.24, 2.45) is 0 Å². The van der Waals surface area contributed by atoms with Crippen molar-refractivity contribution in [2.75, 3.05) is 14.2 Å². The van der Waals surface area contributed by atoms with Crippen LogP contribution in [0.2, 0.25) is 0 Å². The molecule has 1 aromatic heterocycles. The molecule has 6 heteroatoms. The van der Waals surface area contributed by atoms with Gasteiger partial charge < -0.3 is 19.1 Å². The maximum absolute atomic E-state index is 12.4. The lowest BCUT2D eigenvalue weighted by Crippen LogP contribution is -2.26. The molecule has 106 valence electrons. The molecule has 0 saturated heterocycles. The van der Waals surface area contributed by atoms with Gasteiger partial charge in [-0.3, -0.25) is 9.59 Å². The Morgan fingerprint density at radius 1 is 1.25 bits per heavy atom. The summed E-state index contributed by atoms with van der Waals surface area (Å²) in [4.78, 5) is 23.3. The Balaban J connectivity index is 2.83. The lowest BCUT2D eigenvalue weighted by Gasteiger charge is -2.13. The highest BCUT2D eigenvalue weighted by Crippen LogP contribution is 2.29. The van der Waals surface area contributed by atoms with Crippen LogP contribution < -0.4 is 15.0 Å². The van der Waals surface area contributed by atoms with E-state index in [0.29, 0.717) is 28.0 Å². The summed E-state index contributed by atoms with van der Waals surface area (Å²) in [6.07, 6.45) is 0. The molecule has 0 amide bonds. The van der Waals surface area contributed by atoms with Crippen LogP contribution in [0.5, 0.6) is 11.5 Å². The molecular weight excluding hydrogens is 262 g/mol. The number of hydrogen-bond acceptors (Lipinski definition) is 4. The second-order valence-electron chi connectivity index (χ2n) is 4.36. The monoisotopic (exact) mass is 277 g/mol. The van der Waals surface area contributed by atoms with Gasteiger partial charge in [0, 0.05) is 11.8 Å². The third kappa shape index (κ3) is 2.32. The Hall–Kier alpha value is -2.50. The summed E-state index contributed by atoms with van der Waals surface area (Å²) >= 11 is 0. The molecule has 0 unspecified atom stereocenters. The molecule has 0 bridgehead atoms. The average molecular weight is 277 g/mol. The molecule has 0 fully saturated rings. The first kappa shape index (κ1) is 13.9. The number of ether oxygens (including phenoxy) is 2. The van der Waals surface area contributed by atoms with Crippen molar-refractivity contribution >= 4 is 16.7 Å². The fourth-order valence-corrected chi connectivity index (χ4v) is 2.16. The van der Waals surface area contributed by atoms with E-state index in [9.17, 15) is 9.59 Å². The normalized spacial score (nSPS) is 10.6. The molecule has 1 heterocycles. The van der Waals surface area contributed by atoms with Crippen molar-refractivity contribution in [3.8, 4) is 11.5 Å². The number of hydrogen-bond donors (Lipinski definition) is 1. The molecule has 6 nitrogen and oxygen atoms in total. The van der Waals surface area contributed by atoms with Crippen LogP contribution in [0.4, 0.5) is 0 Å².